The zero-order valence-corrected chi connectivity index (χ0v) is 18.8. The van der Waals surface area contributed by atoms with Crippen molar-refractivity contribution in [1.82, 2.24) is 10.2 Å². The fourth-order valence-corrected chi connectivity index (χ4v) is 5.60. The molecule has 160 valence electrons. The molecule has 0 aromatic carbocycles. The Balaban J connectivity index is 1.89. The van der Waals surface area contributed by atoms with Gasteiger partial charge in [-0.2, -0.15) is 11.8 Å². The molecule has 2 rings (SSSR count). The minimum atomic E-state index is -0.522. The number of piperidine rings is 1. The van der Waals surface area contributed by atoms with E-state index in [1.807, 2.05) is 18.7 Å². The van der Waals surface area contributed by atoms with Crippen molar-refractivity contribution in [2.45, 2.75) is 76.7 Å². The molecule has 1 saturated heterocycles. The van der Waals surface area contributed by atoms with Crippen molar-refractivity contribution in [2.24, 2.45) is 11.8 Å². The first-order valence-electron chi connectivity index (χ1n) is 11.2. The van der Waals surface area contributed by atoms with Crippen molar-refractivity contribution in [3.8, 4) is 0 Å². The zero-order valence-electron chi connectivity index (χ0n) is 18.0. The molecule has 1 amide bonds. The summed E-state index contributed by atoms with van der Waals surface area (Å²) in [7, 11) is 0. The topological polar surface area (TPSA) is 52.6 Å². The number of rotatable bonds is 11. The Bertz CT molecular complexity index is 523. The monoisotopic (exact) mass is 408 g/mol. The molecule has 5 heteroatoms. The number of thioether (sulfide) groups is 1. The highest BCUT2D eigenvalue weighted by Gasteiger charge is 2.30. The zero-order chi connectivity index (χ0) is 20.4. The Morgan fingerprint density at radius 3 is 2.75 bits per heavy atom. The van der Waals surface area contributed by atoms with E-state index in [-0.39, 0.29) is 11.9 Å². The molecule has 1 fully saturated rings. The molecule has 2 aliphatic rings. The molecule has 0 aromatic rings. The SMILES string of the molecule is CCCC1CCN(CC(O)C(CSC2C=CC=CC2)NC(=O)CC)CC1CC. The van der Waals surface area contributed by atoms with Crippen molar-refractivity contribution in [3.63, 3.8) is 0 Å². The maximum Gasteiger partial charge on any atom is 0.220 e. The number of nitrogens with one attached hydrogen (secondary N) is 1. The van der Waals surface area contributed by atoms with Gasteiger partial charge in [0.15, 0.2) is 0 Å². The third kappa shape index (κ3) is 7.57. The lowest BCUT2D eigenvalue weighted by atomic mass is 9.81. The van der Waals surface area contributed by atoms with Gasteiger partial charge in [0.1, 0.15) is 0 Å². The van der Waals surface area contributed by atoms with Gasteiger partial charge in [0.25, 0.3) is 0 Å². The first-order valence-corrected chi connectivity index (χ1v) is 12.3. The number of carbonyl (C=O) groups excluding carboxylic acids is 1. The molecule has 0 bridgehead atoms. The van der Waals surface area contributed by atoms with Crippen LogP contribution in [0.15, 0.2) is 24.3 Å². The lowest BCUT2D eigenvalue weighted by Gasteiger charge is -2.40. The molecule has 0 radical (unpaired) electrons. The van der Waals surface area contributed by atoms with Crippen LogP contribution in [0.4, 0.5) is 0 Å². The molecule has 5 unspecified atom stereocenters. The molecule has 5 atom stereocenters. The minimum absolute atomic E-state index is 0.0248. The Morgan fingerprint density at radius 1 is 1.29 bits per heavy atom. The number of likely N-dealkylation sites (tertiary alicyclic amines) is 1. The third-order valence-corrected chi connectivity index (χ3v) is 7.50. The van der Waals surface area contributed by atoms with E-state index in [2.05, 4.69) is 48.4 Å². The number of nitrogens with zero attached hydrogens (tertiary/aromatic N) is 1. The Kier molecular flexibility index (Phi) is 10.7. The van der Waals surface area contributed by atoms with Crippen LogP contribution in [0.5, 0.6) is 0 Å². The van der Waals surface area contributed by atoms with E-state index in [9.17, 15) is 9.90 Å². The van der Waals surface area contributed by atoms with Crippen LogP contribution in [0.1, 0.15) is 59.3 Å². The van der Waals surface area contributed by atoms with E-state index in [0.29, 0.717) is 18.2 Å². The quantitative estimate of drug-likeness (QED) is 0.542. The number of hydrogen-bond acceptors (Lipinski definition) is 4. The number of hydrogen-bond donors (Lipinski definition) is 2. The molecule has 4 nitrogen and oxygen atoms in total. The van der Waals surface area contributed by atoms with E-state index < -0.39 is 6.10 Å². The predicted molar refractivity (Wildman–Crippen MR) is 121 cm³/mol. The summed E-state index contributed by atoms with van der Waals surface area (Å²) in [5.74, 6) is 2.34. The first-order chi connectivity index (χ1) is 13.6. The van der Waals surface area contributed by atoms with Crippen LogP contribution >= 0.6 is 11.8 Å². The maximum atomic E-state index is 12.0. The van der Waals surface area contributed by atoms with Gasteiger partial charge in [-0.25, -0.2) is 0 Å². The number of allylic oxidation sites excluding steroid dienone is 3. The van der Waals surface area contributed by atoms with Crippen molar-refractivity contribution >= 4 is 17.7 Å². The van der Waals surface area contributed by atoms with E-state index >= 15 is 0 Å². The Hall–Kier alpha value is -0.780. The van der Waals surface area contributed by atoms with Gasteiger partial charge in [0, 0.05) is 30.5 Å². The van der Waals surface area contributed by atoms with Crippen LogP contribution < -0.4 is 5.32 Å². The number of amides is 1. The van der Waals surface area contributed by atoms with E-state index in [1.54, 1.807) is 0 Å². The van der Waals surface area contributed by atoms with Crippen LogP contribution in [-0.4, -0.2) is 58.7 Å². The largest absolute Gasteiger partial charge is 0.390 e. The first kappa shape index (κ1) is 23.5. The molecule has 2 N–H and O–H groups in total. The lowest BCUT2D eigenvalue weighted by molar-refractivity contribution is -0.122. The summed E-state index contributed by atoms with van der Waals surface area (Å²) in [5, 5.41) is 14.5. The van der Waals surface area contributed by atoms with Crippen molar-refractivity contribution in [1.29, 1.82) is 0 Å². The molecular formula is C23H40N2O2S. The van der Waals surface area contributed by atoms with Crippen molar-refractivity contribution in [2.75, 3.05) is 25.4 Å². The van der Waals surface area contributed by atoms with Gasteiger partial charge in [-0.3, -0.25) is 4.79 Å². The number of carbonyl (C=O) groups is 1. The number of aliphatic hydroxyl groups excluding tert-OH is 1. The maximum absolute atomic E-state index is 12.0. The second kappa shape index (κ2) is 12.7. The Labute approximate surface area is 176 Å². The summed E-state index contributed by atoms with van der Waals surface area (Å²) in [5.41, 5.74) is 0. The summed E-state index contributed by atoms with van der Waals surface area (Å²) in [6.45, 7) is 9.24. The standard InChI is InChI=1S/C23H40N2O2S/c1-4-10-19-13-14-25(15-18(19)5-2)16-22(26)21(24-23(27)6-3)17-28-20-11-8-7-9-12-20/h7-9,11,18-22,26H,4-6,10,12-17H2,1-3H3,(H,24,27). The highest BCUT2D eigenvalue weighted by atomic mass is 32.2. The van der Waals surface area contributed by atoms with Crippen molar-refractivity contribution in [3.05, 3.63) is 24.3 Å². The van der Waals surface area contributed by atoms with E-state index in [0.717, 1.165) is 37.1 Å². The van der Waals surface area contributed by atoms with Crippen molar-refractivity contribution < 1.29 is 9.90 Å². The fraction of sp³-hybridized carbons (Fsp3) is 0.783. The van der Waals surface area contributed by atoms with Gasteiger partial charge in [-0.15, -0.1) is 0 Å². The molecule has 0 spiro atoms. The highest BCUT2D eigenvalue weighted by molar-refractivity contribution is 8.00. The Morgan fingerprint density at radius 2 is 2.11 bits per heavy atom. The van der Waals surface area contributed by atoms with Crippen LogP contribution in [0.3, 0.4) is 0 Å². The second-order valence-electron chi connectivity index (χ2n) is 8.28. The summed E-state index contributed by atoms with van der Waals surface area (Å²) in [6, 6.07) is -0.190. The van der Waals surface area contributed by atoms with Crippen LogP contribution in [0.2, 0.25) is 0 Å². The van der Waals surface area contributed by atoms with Crippen LogP contribution in [0, 0.1) is 11.8 Å². The minimum Gasteiger partial charge on any atom is -0.390 e. The smallest absolute Gasteiger partial charge is 0.220 e. The molecule has 1 aliphatic heterocycles. The predicted octanol–water partition coefficient (Wildman–Crippen LogP) is 4.01. The third-order valence-electron chi connectivity index (χ3n) is 6.17. The van der Waals surface area contributed by atoms with Crippen LogP contribution in [-0.2, 0) is 4.79 Å². The second-order valence-corrected chi connectivity index (χ2v) is 9.55. The van der Waals surface area contributed by atoms with Crippen LogP contribution in [0.25, 0.3) is 0 Å². The summed E-state index contributed by atoms with van der Waals surface area (Å²) < 4.78 is 0. The van der Waals surface area contributed by atoms with E-state index in [4.69, 9.17) is 0 Å². The van der Waals surface area contributed by atoms with Gasteiger partial charge in [-0.1, -0.05) is 64.3 Å². The number of β-amino-alcohol motifs (C(OH)–C–C–N with tert-alkyl or cyclic N) is 1. The lowest BCUT2D eigenvalue weighted by Crippen LogP contribution is -2.52. The molecule has 1 aliphatic carbocycles. The van der Waals surface area contributed by atoms with Gasteiger partial charge in [0.2, 0.25) is 5.91 Å². The van der Waals surface area contributed by atoms with Gasteiger partial charge >= 0.3 is 0 Å². The number of aliphatic hydroxyl groups is 1. The molecule has 0 saturated carbocycles. The highest BCUT2D eigenvalue weighted by Crippen LogP contribution is 2.30. The fourth-order valence-electron chi connectivity index (χ4n) is 4.39. The van der Waals surface area contributed by atoms with Gasteiger partial charge in [-0.05, 0) is 31.2 Å². The van der Waals surface area contributed by atoms with Gasteiger partial charge < -0.3 is 15.3 Å². The molecule has 1 heterocycles. The average molecular weight is 409 g/mol. The van der Waals surface area contributed by atoms with Gasteiger partial charge in [0.05, 0.1) is 12.1 Å². The summed E-state index contributed by atoms with van der Waals surface area (Å²) in [6.07, 6.45) is 14.5. The van der Waals surface area contributed by atoms with E-state index in [1.165, 1.54) is 25.7 Å². The molecular weight excluding hydrogens is 368 g/mol. The summed E-state index contributed by atoms with van der Waals surface area (Å²) >= 11 is 1.83. The molecule has 0 aromatic heterocycles. The average Bonchev–Trinajstić information content (AvgIpc) is 2.72. The molecule has 28 heavy (non-hydrogen) atoms. The summed E-state index contributed by atoms with van der Waals surface area (Å²) in [4.78, 5) is 14.4. The normalized spacial score (nSPS) is 27.5.